The summed E-state index contributed by atoms with van der Waals surface area (Å²) in [7, 11) is 0. The molecule has 0 aromatic heterocycles. The van der Waals surface area contributed by atoms with Gasteiger partial charge in [0.25, 0.3) is 0 Å². The van der Waals surface area contributed by atoms with Gasteiger partial charge in [0.2, 0.25) is 0 Å². The zero-order chi connectivity index (χ0) is 42.6. The third-order valence-electron chi connectivity index (χ3n) is 13.2. The van der Waals surface area contributed by atoms with Crippen LogP contribution in [0.4, 0.5) is 0 Å². The second-order valence-electron chi connectivity index (χ2n) is 19.3. The lowest BCUT2D eigenvalue weighted by molar-refractivity contribution is -0.159. The van der Waals surface area contributed by atoms with Crippen molar-refractivity contribution < 1.29 is 14.3 Å². The van der Waals surface area contributed by atoms with E-state index in [0.29, 0.717) is 12.8 Å². The summed E-state index contributed by atoms with van der Waals surface area (Å²) in [4.78, 5) is 24.1. The van der Waals surface area contributed by atoms with Crippen LogP contribution in [0, 0.1) is 0 Å². The van der Waals surface area contributed by atoms with Crippen LogP contribution in [0.15, 0.2) is 0 Å². The Bertz CT molecular complexity index is 792. The van der Waals surface area contributed by atoms with E-state index in [0.717, 1.165) is 25.7 Å². The second-order valence-corrected chi connectivity index (χ2v) is 19.3. The Morgan fingerprint density at radius 1 is 0.203 bits per heavy atom. The van der Waals surface area contributed by atoms with Crippen LogP contribution in [0.2, 0.25) is 0 Å². The Morgan fingerprint density at radius 3 is 0.458 bits per heavy atom. The quantitative estimate of drug-likeness (QED) is 0.0348. The molecule has 0 aliphatic carbocycles. The van der Waals surface area contributed by atoms with Gasteiger partial charge in [-0.3, -0.25) is 9.59 Å². The van der Waals surface area contributed by atoms with Crippen molar-refractivity contribution in [1.82, 2.24) is 0 Å². The van der Waals surface area contributed by atoms with Crippen LogP contribution in [-0.2, 0) is 14.3 Å². The van der Waals surface area contributed by atoms with Gasteiger partial charge in [-0.05, 0) is 12.8 Å². The molecule has 0 radical (unpaired) electrons. The van der Waals surface area contributed by atoms with Crippen molar-refractivity contribution in [3.63, 3.8) is 0 Å². The number of carbonyl (C=O) groups is 2. The summed E-state index contributed by atoms with van der Waals surface area (Å²) in [5.41, 5.74) is 0. The van der Waals surface area contributed by atoms with Gasteiger partial charge in [-0.2, -0.15) is 0 Å². The van der Waals surface area contributed by atoms with Crippen LogP contribution in [0.1, 0.15) is 348 Å². The van der Waals surface area contributed by atoms with Crippen LogP contribution < -0.4 is 0 Å². The molecule has 59 heavy (non-hydrogen) atoms. The Balaban J connectivity index is 3.20. The maximum atomic E-state index is 12.0. The molecule has 0 aliphatic rings. The van der Waals surface area contributed by atoms with Crippen LogP contribution in [0.3, 0.4) is 0 Å². The van der Waals surface area contributed by atoms with Crippen LogP contribution in [0.5, 0.6) is 0 Å². The van der Waals surface area contributed by atoms with Crippen molar-refractivity contribution in [1.29, 1.82) is 0 Å². The van der Waals surface area contributed by atoms with Gasteiger partial charge in [0.15, 0.2) is 0 Å². The Morgan fingerprint density at radius 2 is 0.322 bits per heavy atom. The fourth-order valence-electron chi connectivity index (χ4n) is 9.05. The number of unbranched alkanes of at least 4 members (excludes halogenated alkanes) is 48. The Hall–Kier alpha value is -0.860. The summed E-state index contributed by atoms with van der Waals surface area (Å²) in [5, 5.41) is 0. The average Bonchev–Trinajstić information content (AvgIpc) is 3.23. The van der Waals surface area contributed by atoms with E-state index in [1.54, 1.807) is 0 Å². The van der Waals surface area contributed by atoms with E-state index in [-0.39, 0.29) is 11.9 Å². The largest absolute Gasteiger partial charge is 0.393 e. The molecule has 3 nitrogen and oxygen atoms in total. The minimum absolute atomic E-state index is 0.318. The van der Waals surface area contributed by atoms with Gasteiger partial charge >= 0.3 is 11.9 Å². The lowest BCUT2D eigenvalue weighted by atomic mass is 10.0. The Kier molecular flexibility index (Phi) is 52.5. The number of esters is 2. The zero-order valence-corrected chi connectivity index (χ0v) is 41.0. The van der Waals surface area contributed by atoms with E-state index < -0.39 is 0 Å². The van der Waals surface area contributed by atoms with Crippen molar-refractivity contribution in [3.8, 4) is 0 Å². The predicted molar refractivity (Wildman–Crippen MR) is 263 cm³/mol. The standard InChI is InChI=1S/C56H110O3/c1-3-5-7-9-11-13-15-17-19-20-21-22-23-24-25-26-27-28-29-30-31-32-33-34-35-36-37-38-40-42-44-46-48-50-52-54-56(58)59-55(57)53-51-49-47-45-43-41-39-18-16-14-12-10-8-6-4-2/h3-54H2,1-2H3. The van der Waals surface area contributed by atoms with Gasteiger partial charge in [0.1, 0.15) is 0 Å². The van der Waals surface area contributed by atoms with Crippen LogP contribution in [-0.4, -0.2) is 11.9 Å². The van der Waals surface area contributed by atoms with Crippen LogP contribution in [0.25, 0.3) is 0 Å². The van der Waals surface area contributed by atoms with Gasteiger partial charge in [-0.1, -0.05) is 322 Å². The third-order valence-corrected chi connectivity index (χ3v) is 13.2. The molecule has 0 heterocycles. The molecule has 0 spiro atoms. The topological polar surface area (TPSA) is 43.4 Å². The molecule has 0 aromatic carbocycles. The highest BCUT2D eigenvalue weighted by molar-refractivity contribution is 5.85. The number of hydrogen-bond donors (Lipinski definition) is 0. The predicted octanol–water partition coefficient (Wildman–Crippen LogP) is 20.4. The third kappa shape index (κ3) is 53.2. The lowest BCUT2D eigenvalue weighted by Crippen LogP contribution is -2.11. The number of carbonyl (C=O) groups excluding carboxylic acids is 2. The molecular weight excluding hydrogens is 721 g/mol. The fourth-order valence-corrected chi connectivity index (χ4v) is 9.05. The van der Waals surface area contributed by atoms with E-state index in [1.165, 1.54) is 295 Å². The van der Waals surface area contributed by atoms with Gasteiger partial charge < -0.3 is 4.74 Å². The second kappa shape index (κ2) is 53.3. The summed E-state index contributed by atoms with van der Waals surface area (Å²) < 4.78 is 5.06. The molecule has 0 atom stereocenters. The molecule has 0 aliphatic heterocycles. The SMILES string of the molecule is CCCCCCCCCCCCCCCCCCCCCCCCCCCCCCCCCCCCCC(=O)OC(=O)CCCCCCCCCCCCCCCCC. The first kappa shape index (κ1) is 58.1. The summed E-state index contributed by atoms with van der Waals surface area (Å²) in [6.07, 6.45) is 69.7. The van der Waals surface area contributed by atoms with Crippen LogP contribution >= 0.6 is 0 Å². The maximum absolute atomic E-state index is 12.0. The van der Waals surface area contributed by atoms with Gasteiger partial charge in [0, 0.05) is 12.8 Å². The highest BCUT2D eigenvalue weighted by Gasteiger charge is 2.10. The van der Waals surface area contributed by atoms with E-state index in [2.05, 4.69) is 13.8 Å². The summed E-state index contributed by atoms with van der Waals surface area (Å²) in [6, 6.07) is 0. The molecular formula is C56H110O3. The van der Waals surface area contributed by atoms with Gasteiger partial charge in [-0.15, -0.1) is 0 Å². The molecule has 352 valence electrons. The van der Waals surface area contributed by atoms with E-state index in [9.17, 15) is 9.59 Å². The maximum Gasteiger partial charge on any atom is 0.313 e. The van der Waals surface area contributed by atoms with Crippen molar-refractivity contribution >= 4 is 11.9 Å². The van der Waals surface area contributed by atoms with Crippen molar-refractivity contribution in [3.05, 3.63) is 0 Å². The highest BCUT2D eigenvalue weighted by atomic mass is 16.6. The smallest absolute Gasteiger partial charge is 0.313 e. The van der Waals surface area contributed by atoms with E-state index in [4.69, 9.17) is 4.74 Å². The monoisotopic (exact) mass is 831 g/mol. The molecule has 0 rings (SSSR count). The minimum Gasteiger partial charge on any atom is -0.393 e. The summed E-state index contributed by atoms with van der Waals surface area (Å²) in [5.74, 6) is -0.636. The Labute approximate surface area is 372 Å². The number of rotatable bonds is 52. The molecule has 0 saturated carbocycles. The van der Waals surface area contributed by atoms with Crippen molar-refractivity contribution in [2.45, 2.75) is 348 Å². The van der Waals surface area contributed by atoms with Gasteiger partial charge in [0.05, 0.1) is 0 Å². The molecule has 3 heteroatoms. The highest BCUT2D eigenvalue weighted by Crippen LogP contribution is 2.18. The molecule has 0 bridgehead atoms. The van der Waals surface area contributed by atoms with Crippen molar-refractivity contribution in [2.75, 3.05) is 0 Å². The molecule has 0 aromatic rings. The van der Waals surface area contributed by atoms with E-state index in [1.807, 2.05) is 0 Å². The number of hydrogen-bond acceptors (Lipinski definition) is 3. The van der Waals surface area contributed by atoms with E-state index >= 15 is 0 Å². The molecule has 0 unspecified atom stereocenters. The molecule has 0 saturated heterocycles. The first-order chi connectivity index (χ1) is 29.2. The number of ether oxygens (including phenoxy) is 1. The normalized spacial score (nSPS) is 11.5. The van der Waals surface area contributed by atoms with Crippen molar-refractivity contribution in [2.24, 2.45) is 0 Å². The van der Waals surface area contributed by atoms with Gasteiger partial charge in [-0.25, -0.2) is 0 Å². The molecule has 0 N–H and O–H groups in total. The lowest BCUT2D eigenvalue weighted by Gasteiger charge is -2.05. The molecule has 0 amide bonds. The first-order valence-corrected chi connectivity index (χ1v) is 27.9. The fraction of sp³-hybridized carbons (Fsp3) is 0.964. The summed E-state index contributed by atoms with van der Waals surface area (Å²) >= 11 is 0. The average molecular weight is 831 g/mol. The summed E-state index contributed by atoms with van der Waals surface area (Å²) in [6.45, 7) is 4.59. The minimum atomic E-state index is -0.319. The molecule has 0 fully saturated rings. The first-order valence-electron chi connectivity index (χ1n) is 27.9. The zero-order valence-electron chi connectivity index (χ0n) is 41.0.